The number of rotatable bonds is 6. The Labute approximate surface area is 231 Å². The number of carbonyl (C=O) groups excluding carboxylic acids is 4. The van der Waals surface area contributed by atoms with Gasteiger partial charge in [-0.1, -0.05) is 46.3 Å². The molecule has 4 aliphatic rings. The molecule has 0 aromatic heterocycles. The fraction of sp³-hybridized carbons (Fsp3) is 0.714. The second-order valence-electron chi connectivity index (χ2n) is 11.5. The third-order valence-corrected chi connectivity index (χ3v) is 11.4. The number of ketones is 2. The van der Waals surface area contributed by atoms with Gasteiger partial charge in [0, 0.05) is 29.6 Å². The maximum atomic E-state index is 13.9. The summed E-state index contributed by atoms with van der Waals surface area (Å²) in [6.07, 6.45) is 4.55. The first kappa shape index (κ1) is 28.5. The Morgan fingerprint density at radius 3 is 2.43 bits per heavy atom. The zero-order valence-corrected chi connectivity index (χ0v) is 24.4. The van der Waals surface area contributed by atoms with Crippen LogP contribution in [-0.2, 0) is 28.7 Å². The smallest absolute Gasteiger partial charge is 0.306 e. The van der Waals surface area contributed by atoms with Crippen LogP contribution in [0.1, 0.15) is 73.1 Å². The number of hydrogen-bond acceptors (Lipinski definition) is 7. The average molecular weight is 600 g/mol. The highest BCUT2D eigenvalue weighted by molar-refractivity contribution is 9.12. The summed E-state index contributed by atoms with van der Waals surface area (Å²) in [5, 5.41) is 11.9. The van der Waals surface area contributed by atoms with Gasteiger partial charge in [0.2, 0.25) is 5.78 Å². The van der Waals surface area contributed by atoms with E-state index in [-0.39, 0.29) is 42.8 Å². The number of allylic oxidation sites excluding steroid dienone is 4. The lowest BCUT2D eigenvalue weighted by molar-refractivity contribution is -0.203. The van der Waals surface area contributed by atoms with E-state index >= 15 is 0 Å². The van der Waals surface area contributed by atoms with Crippen molar-refractivity contribution in [1.82, 2.24) is 0 Å². The van der Waals surface area contributed by atoms with Gasteiger partial charge >= 0.3 is 11.9 Å². The van der Waals surface area contributed by atoms with Crippen LogP contribution in [-0.4, -0.2) is 51.8 Å². The molecule has 0 aromatic rings. The van der Waals surface area contributed by atoms with Crippen LogP contribution in [0.15, 0.2) is 22.2 Å². The highest BCUT2D eigenvalue weighted by Crippen LogP contribution is 2.72. The average Bonchev–Trinajstić information content (AvgIpc) is 3.06. The molecule has 7 nitrogen and oxygen atoms in total. The number of aliphatic hydroxyl groups excluding tert-OH is 1. The quantitative estimate of drug-likeness (QED) is 0.345. The van der Waals surface area contributed by atoms with E-state index in [1.54, 1.807) is 19.9 Å². The molecule has 0 unspecified atom stereocenters. The van der Waals surface area contributed by atoms with E-state index in [0.717, 1.165) is 5.57 Å². The van der Waals surface area contributed by atoms with Gasteiger partial charge in [0.15, 0.2) is 18.0 Å². The molecule has 1 N–H and O–H groups in total. The highest BCUT2D eigenvalue weighted by Gasteiger charge is 2.76. The number of ether oxygens (including phenoxy) is 2. The lowest BCUT2D eigenvalue weighted by Gasteiger charge is -2.64. The van der Waals surface area contributed by atoms with E-state index in [4.69, 9.17) is 21.1 Å². The zero-order chi connectivity index (χ0) is 27.6. The lowest BCUT2D eigenvalue weighted by Crippen LogP contribution is -2.69. The van der Waals surface area contributed by atoms with E-state index < -0.39 is 51.7 Å². The van der Waals surface area contributed by atoms with Crippen LogP contribution >= 0.6 is 27.5 Å². The topological polar surface area (TPSA) is 107 Å². The Hall–Kier alpha value is -1.51. The third-order valence-electron chi connectivity index (χ3n) is 9.87. The summed E-state index contributed by atoms with van der Waals surface area (Å²) in [4.78, 5) is 49.8. The van der Waals surface area contributed by atoms with Crippen molar-refractivity contribution in [2.45, 2.75) is 89.7 Å². The van der Waals surface area contributed by atoms with Crippen LogP contribution in [0.5, 0.6) is 0 Å². The van der Waals surface area contributed by atoms with Crippen LogP contribution in [0.2, 0.25) is 0 Å². The van der Waals surface area contributed by atoms with Gasteiger partial charge in [-0.05, 0) is 59.5 Å². The van der Waals surface area contributed by atoms with Gasteiger partial charge < -0.3 is 14.6 Å². The highest BCUT2D eigenvalue weighted by atomic mass is 79.9. The zero-order valence-electron chi connectivity index (χ0n) is 22.1. The number of aliphatic hydroxyl groups is 1. The summed E-state index contributed by atoms with van der Waals surface area (Å²) < 4.78 is 11.7. The molecule has 4 aliphatic carbocycles. The molecule has 0 saturated heterocycles. The number of esters is 2. The maximum absolute atomic E-state index is 13.9. The molecule has 0 heterocycles. The molecule has 3 fully saturated rings. The Morgan fingerprint density at radius 1 is 1.16 bits per heavy atom. The minimum absolute atomic E-state index is 0.0851. The molecule has 8 atom stereocenters. The van der Waals surface area contributed by atoms with Crippen molar-refractivity contribution >= 4 is 51.0 Å². The minimum atomic E-state index is -1.56. The first-order valence-electron chi connectivity index (χ1n) is 13.1. The fourth-order valence-electron chi connectivity index (χ4n) is 8.06. The number of hydrogen-bond donors (Lipinski definition) is 1. The molecule has 204 valence electrons. The largest absolute Gasteiger partial charge is 0.457 e. The van der Waals surface area contributed by atoms with Crippen molar-refractivity contribution in [3.63, 3.8) is 0 Å². The van der Waals surface area contributed by atoms with Crippen molar-refractivity contribution in [2.75, 3.05) is 6.61 Å². The normalized spacial score (nSPS) is 42.5. The number of Topliss-reactive ketones (excluding diaryl/α,β-unsaturated/α-hetero) is 1. The van der Waals surface area contributed by atoms with Gasteiger partial charge in [-0.25, -0.2) is 0 Å². The summed E-state index contributed by atoms with van der Waals surface area (Å²) in [6, 6.07) is 0. The van der Waals surface area contributed by atoms with E-state index in [1.807, 2.05) is 26.8 Å². The fourth-order valence-corrected chi connectivity index (χ4v) is 9.14. The van der Waals surface area contributed by atoms with E-state index in [9.17, 15) is 24.3 Å². The number of carbonyl (C=O) groups is 4. The monoisotopic (exact) mass is 598 g/mol. The molecule has 37 heavy (non-hydrogen) atoms. The van der Waals surface area contributed by atoms with Crippen molar-refractivity contribution < 1.29 is 33.8 Å². The van der Waals surface area contributed by atoms with Gasteiger partial charge in [-0.3, -0.25) is 19.2 Å². The predicted octanol–water partition coefficient (Wildman–Crippen LogP) is 4.81. The molecule has 3 saturated carbocycles. The summed E-state index contributed by atoms with van der Waals surface area (Å²) in [7, 11) is 0. The SMILES string of the molecule is CCC(=O)OCC(=O)[C@@]1(OC(=O)CC)[C@@H](C)C[C@H]2[C@@H]3CCC4=CC(=O)C(Br)=C[C@]4(C)[C@@]3(Cl)[C@@H](O)C[C@@]21C. The van der Waals surface area contributed by atoms with Crippen molar-refractivity contribution in [3.05, 3.63) is 22.2 Å². The summed E-state index contributed by atoms with van der Waals surface area (Å²) in [5.41, 5.74) is -2.38. The summed E-state index contributed by atoms with van der Waals surface area (Å²) >= 11 is 10.9. The Bertz CT molecular complexity index is 1100. The molecule has 0 bridgehead atoms. The summed E-state index contributed by atoms with van der Waals surface area (Å²) in [5.74, 6) is -2.35. The van der Waals surface area contributed by atoms with Gasteiger partial charge in [0.05, 0.1) is 15.5 Å². The van der Waals surface area contributed by atoms with Crippen LogP contribution in [0.3, 0.4) is 0 Å². The first-order valence-corrected chi connectivity index (χ1v) is 14.3. The van der Waals surface area contributed by atoms with Gasteiger partial charge in [-0.2, -0.15) is 0 Å². The van der Waals surface area contributed by atoms with Crippen molar-refractivity contribution in [2.24, 2.45) is 28.6 Å². The van der Waals surface area contributed by atoms with Crippen LogP contribution in [0, 0.1) is 28.6 Å². The second-order valence-corrected chi connectivity index (χ2v) is 13.0. The molecule has 0 amide bonds. The predicted molar refractivity (Wildman–Crippen MR) is 141 cm³/mol. The van der Waals surface area contributed by atoms with Crippen molar-refractivity contribution in [1.29, 1.82) is 0 Å². The Kier molecular flexibility index (Phi) is 7.39. The molecule has 4 rings (SSSR count). The third kappa shape index (κ3) is 3.83. The first-order chi connectivity index (χ1) is 17.2. The van der Waals surface area contributed by atoms with Crippen molar-refractivity contribution in [3.8, 4) is 0 Å². The Balaban J connectivity index is 1.82. The van der Waals surface area contributed by atoms with Crippen LogP contribution in [0.4, 0.5) is 0 Å². The molecule has 0 aliphatic heterocycles. The van der Waals surface area contributed by atoms with E-state index in [0.29, 0.717) is 23.7 Å². The summed E-state index contributed by atoms with van der Waals surface area (Å²) in [6.45, 7) is 8.58. The van der Waals surface area contributed by atoms with Gasteiger partial charge in [0.25, 0.3) is 0 Å². The van der Waals surface area contributed by atoms with Gasteiger partial charge in [-0.15, -0.1) is 11.6 Å². The number of halogens is 2. The molecular formula is C28H36BrClO7. The molecule has 0 aromatic carbocycles. The maximum Gasteiger partial charge on any atom is 0.306 e. The van der Waals surface area contributed by atoms with E-state index in [1.165, 1.54) is 0 Å². The second kappa shape index (κ2) is 9.60. The number of alkyl halides is 1. The molecule has 9 heteroatoms. The van der Waals surface area contributed by atoms with Gasteiger partial charge in [0.1, 0.15) is 0 Å². The lowest BCUT2D eigenvalue weighted by atomic mass is 9.45. The van der Waals surface area contributed by atoms with Crippen LogP contribution < -0.4 is 0 Å². The Morgan fingerprint density at radius 2 is 1.81 bits per heavy atom. The number of fused-ring (bicyclic) bond motifs is 5. The van der Waals surface area contributed by atoms with E-state index in [2.05, 4.69) is 15.9 Å². The molecule has 0 radical (unpaired) electrons. The standard InChI is InChI=1S/C28H36BrClO7/c1-6-23(34)36-14-22(33)28(37-24(35)7-2)15(3)10-18-17-9-8-16-11-20(31)19(29)12-25(16,4)27(17,30)21(32)13-26(18,28)5/h11-12,15,17-18,21,32H,6-10,13-14H2,1-5H3/t15-,17-,18-,21-,25-,26-,27-,28-/m0/s1. The minimum Gasteiger partial charge on any atom is -0.457 e. The molecular weight excluding hydrogens is 564 g/mol. The molecule has 0 spiro atoms. The van der Waals surface area contributed by atoms with Crippen LogP contribution in [0.25, 0.3) is 0 Å².